The fourth-order valence-corrected chi connectivity index (χ4v) is 2.45. The first kappa shape index (κ1) is 16.1. The summed E-state index contributed by atoms with van der Waals surface area (Å²) in [6.45, 7) is 11.6. The molecule has 1 atom stereocenters. The highest BCUT2D eigenvalue weighted by Crippen LogP contribution is 2.23. The molecular weight excluding hydrogens is 280 g/mol. The predicted octanol–water partition coefficient (Wildman–Crippen LogP) is 3.45. The van der Waals surface area contributed by atoms with E-state index in [0.29, 0.717) is 13.2 Å². The first-order valence-electron chi connectivity index (χ1n) is 7.31. The molecule has 0 unspecified atom stereocenters. The van der Waals surface area contributed by atoms with Crippen molar-refractivity contribution in [3.63, 3.8) is 0 Å². The number of rotatable bonds is 3. The molecule has 1 aliphatic rings. The Morgan fingerprint density at radius 1 is 1.24 bits per heavy atom. The van der Waals surface area contributed by atoms with Crippen LogP contribution in [0, 0.1) is 11.5 Å². The second-order valence-electron chi connectivity index (χ2n) is 6.79. The van der Waals surface area contributed by atoms with Gasteiger partial charge in [-0.1, -0.05) is 25.6 Å². The van der Waals surface area contributed by atoms with Gasteiger partial charge >= 0.3 is 0 Å². The Labute approximate surface area is 128 Å². The molecule has 0 aliphatic carbocycles. The van der Waals surface area contributed by atoms with Crippen LogP contribution in [0.4, 0.5) is 0 Å². The molecule has 0 aromatic heterocycles. The van der Waals surface area contributed by atoms with Crippen molar-refractivity contribution >= 4 is 8.07 Å². The van der Waals surface area contributed by atoms with Crippen LogP contribution in [-0.2, 0) is 9.47 Å². The minimum absolute atomic E-state index is 0.00800. The quantitative estimate of drug-likeness (QED) is 0.632. The molecule has 0 amide bonds. The molecule has 3 nitrogen and oxygen atoms in total. The molecular formula is C17H24O3Si. The van der Waals surface area contributed by atoms with Crippen molar-refractivity contribution in [2.75, 3.05) is 13.2 Å². The van der Waals surface area contributed by atoms with Gasteiger partial charge in [-0.05, 0) is 38.1 Å². The van der Waals surface area contributed by atoms with E-state index in [4.69, 9.17) is 14.2 Å². The highest BCUT2D eigenvalue weighted by atomic mass is 28.3. The van der Waals surface area contributed by atoms with Crippen LogP contribution in [0.2, 0.25) is 19.6 Å². The van der Waals surface area contributed by atoms with Crippen LogP contribution in [0.15, 0.2) is 24.3 Å². The lowest BCUT2D eigenvalue weighted by atomic mass is 10.2. The largest absolute Gasteiger partial charge is 0.491 e. The zero-order valence-corrected chi connectivity index (χ0v) is 14.5. The van der Waals surface area contributed by atoms with E-state index in [2.05, 4.69) is 31.1 Å². The molecule has 21 heavy (non-hydrogen) atoms. The van der Waals surface area contributed by atoms with Crippen molar-refractivity contribution in [3.05, 3.63) is 29.8 Å². The lowest BCUT2D eigenvalue weighted by Crippen LogP contribution is -2.25. The molecule has 0 spiro atoms. The zero-order valence-electron chi connectivity index (χ0n) is 13.5. The highest BCUT2D eigenvalue weighted by molar-refractivity contribution is 6.83. The summed E-state index contributed by atoms with van der Waals surface area (Å²) >= 11 is 0. The lowest BCUT2D eigenvalue weighted by molar-refractivity contribution is -0.141. The summed E-state index contributed by atoms with van der Waals surface area (Å²) in [5.41, 5.74) is 4.39. The molecule has 0 saturated carbocycles. The van der Waals surface area contributed by atoms with E-state index in [0.717, 1.165) is 11.3 Å². The van der Waals surface area contributed by atoms with Crippen LogP contribution in [-0.4, -0.2) is 33.2 Å². The Kier molecular flexibility index (Phi) is 4.77. The van der Waals surface area contributed by atoms with Crippen molar-refractivity contribution in [2.24, 2.45) is 0 Å². The van der Waals surface area contributed by atoms with Crippen molar-refractivity contribution in [2.45, 2.75) is 45.4 Å². The van der Waals surface area contributed by atoms with Crippen molar-refractivity contribution < 1.29 is 14.2 Å². The summed E-state index contributed by atoms with van der Waals surface area (Å²) < 4.78 is 17.0. The van der Waals surface area contributed by atoms with Crippen LogP contribution in [0.1, 0.15) is 19.4 Å². The summed E-state index contributed by atoms with van der Waals surface area (Å²) in [5, 5.41) is 0. The standard InChI is InChI=1S/C17H24O3Si/c1-17(2)19-13-16(20-17)12-18-15-8-6-14(7-9-15)10-11-21(3,4)5/h6-9,16H,12-13H2,1-5H3/t16-/m0/s1. The van der Waals surface area contributed by atoms with E-state index < -0.39 is 13.9 Å². The van der Waals surface area contributed by atoms with Crippen LogP contribution >= 0.6 is 0 Å². The molecule has 1 saturated heterocycles. The molecule has 1 fully saturated rings. The summed E-state index contributed by atoms with van der Waals surface area (Å²) in [5.74, 6) is 3.57. The van der Waals surface area contributed by atoms with Crippen LogP contribution in [0.5, 0.6) is 5.75 Å². The Balaban J connectivity index is 1.87. The summed E-state index contributed by atoms with van der Waals surface area (Å²) in [7, 11) is -1.32. The second-order valence-corrected chi connectivity index (χ2v) is 11.5. The maximum absolute atomic E-state index is 5.74. The molecule has 0 N–H and O–H groups in total. The van der Waals surface area contributed by atoms with Gasteiger partial charge in [0.2, 0.25) is 0 Å². The Morgan fingerprint density at radius 2 is 1.90 bits per heavy atom. The van der Waals surface area contributed by atoms with E-state index in [1.54, 1.807) is 0 Å². The molecule has 0 radical (unpaired) electrons. The van der Waals surface area contributed by atoms with Crippen molar-refractivity contribution in [1.82, 2.24) is 0 Å². The number of hydrogen-bond acceptors (Lipinski definition) is 3. The van der Waals surface area contributed by atoms with E-state index in [9.17, 15) is 0 Å². The summed E-state index contributed by atoms with van der Waals surface area (Å²) in [6, 6.07) is 7.90. The Morgan fingerprint density at radius 3 is 2.43 bits per heavy atom. The minimum atomic E-state index is -1.32. The molecule has 2 rings (SSSR count). The Hall–Kier alpha value is -1.28. The first-order valence-corrected chi connectivity index (χ1v) is 10.8. The average molecular weight is 304 g/mol. The average Bonchev–Trinajstić information content (AvgIpc) is 2.74. The number of hydrogen-bond donors (Lipinski definition) is 0. The number of ether oxygens (including phenoxy) is 3. The third-order valence-electron chi connectivity index (χ3n) is 2.94. The molecule has 0 bridgehead atoms. The van der Waals surface area contributed by atoms with E-state index in [-0.39, 0.29) is 6.10 Å². The maximum atomic E-state index is 5.74. The van der Waals surface area contributed by atoms with Crippen LogP contribution < -0.4 is 4.74 Å². The van der Waals surface area contributed by atoms with Crippen molar-refractivity contribution in [1.29, 1.82) is 0 Å². The topological polar surface area (TPSA) is 27.7 Å². The SMILES string of the molecule is CC1(C)OC[C@H](COc2ccc(C#C[Si](C)(C)C)cc2)O1. The predicted molar refractivity (Wildman–Crippen MR) is 87.1 cm³/mol. The molecule has 4 heteroatoms. The first-order chi connectivity index (χ1) is 9.73. The van der Waals surface area contributed by atoms with Gasteiger partial charge in [0, 0.05) is 5.56 Å². The van der Waals surface area contributed by atoms with E-state index >= 15 is 0 Å². The van der Waals surface area contributed by atoms with Gasteiger partial charge in [-0.15, -0.1) is 5.54 Å². The van der Waals surface area contributed by atoms with Gasteiger partial charge < -0.3 is 14.2 Å². The molecule has 1 aliphatic heterocycles. The molecule has 1 heterocycles. The van der Waals surface area contributed by atoms with E-state index in [1.807, 2.05) is 38.1 Å². The summed E-state index contributed by atoms with van der Waals surface area (Å²) in [6.07, 6.45) is -0.00800. The third kappa shape index (κ3) is 5.54. The van der Waals surface area contributed by atoms with Gasteiger partial charge in [0.05, 0.1) is 6.61 Å². The third-order valence-corrected chi connectivity index (χ3v) is 3.81. The monoisotopic (exact) mass is 304 g/mol. The van der Waals surface area contributed by atoms with Crippen LogP contribution in [0.25, 0.3) is 0 Å². The summed E-state index contributed by atoms with van der Waals surface area (Å²) in [4.78, 5) is 0. The lowest BCUT2D eigenvalue weighted by Gasteiger charge is -2.17. The van der Waals surface area contributed by atoms with Gasteiger partial charge in [-0.3, -0.25) is 0 Å². The Bertz CT molecular complexity index is 532. The van der Waals surface area contributed by atoms with Gasteiger partial charge in [-0.2, -0.15) is 0 Å². The molecule has 114 valence electrons. The second kappa shape index (κ2) is 6.23. The number of benzene rings is 1. The fourth-order valence-electron chi connectivity index (χ4n) is 1.93. The minimum Gasteiger partial charge on any atom is -0.491 e. The smallest absolute Gasteiger partial charge is 0.163 e. The van der Waals surface area contributed by atoms with Crippen molar-refractivity contribution in [3.8, 4) is 17.2 Å². The normalized spacial score (nSPS) is 20.7. The highest BCUT2D eigenvalue weighted by Gasteiger charge is 2.32. The van der Waals surface area contributed by atoms with Gasteiger partial charge in [-0.25, -0.2) is 0 Å². The zero-order chi connectivity index (χ0) is 15.5. The van der Waals surface area contributed by atoms with Gasteiger partial charge in [0.1, 0.15) is 26.5 Å². The maximum Gasteiger partial charge on any atom is 0.163 e. The van der Waals surface area contributed by atoms with E-state index in [1.165, 1.54) is 0 Å². The molecule has 1 aromatic rings. The van der Waals surface area contributed by atoms with Gasteiger partial charge in [0.15, 0.2) is 5.79 Å². The van der Waals surface area contributed by atoms with Crippen LogP contribution in [0.3, 0.4) is 0 Å². The van der Waals surface area contributed by atoms with Gasteiger partial charge in [0.25, 0.3) is 0 Å². The molecule has 1 aromatic carbocycles. The fraction of sp³-hybridized carbons (Fsp3) is 0.529.